The minimum Gasteiger partial charge on any atom is -0.493 e. The highest BCUT2D eigenvalue weighted by Crippen LogP contribution is 2.27. The lowest BCUT2D eigenvalue weighted by atomic mass is 9.96. The summed E-state index contributed by atoms with van der Waals surface area (Å²) in [4.78, 5) is 40.0. The predicted octanol–water partition coefficient (Wildman–Crippen LogP) is 7.54. The molecule has 8 heteroatoms. The van der Waals surface area contributed by atoms with Crippen molar-refractivity contribution in [3.63, 3.8) is 0 Å². The van der Waals surface area contributed by atoms with Crippen molar-refractivity contribution in [1.82, 2.24) is 4.90 Å². The number of piperidine rings is 1. The van der Waals surface area contributed by atoms with Gasteiger partial charge in [-0.1, -0.05) is 66.7 Å². The van der Waals surface area contributed by atoms with Gasteiger partial charge in [0.1, 0.15) is 18.1 Å². The summed E-state index contributed by atoms with van der Waals surface area (Å²) >= 11 is 0. The normalized spacial score (nSPS) is 13.1. The van der Waals surface area contributed by atoms with E-state index in [1.54, 1.807) is 36.9 Å². The molecule has 4 aromatic carbocycles. The summed E-state index contributed by atoms with van der Waals surface area (Å²) in [5.41, 5.74) is 5.22. The van der Waals surface area contributed by atoms with Crippen LogP contribution in [0.3, 0.4) is 0 Å². The highest BCUT2D eigenvalue weighted by molar-refractivity contribution is 6.00. The van der Waals surface area contributed by atoms with Crippen molar-refractivity contribution in [3.8, 4) is 22.6 Å². The molecule has 8 nitrogen and oxygen atoms in total. The zero-order valence-electron chi connectivity index (χ0n) is 27.7. The fourth-order valence-electron chi connectivity index (χ4n) is 5.71. The van der Waals surface area contributed by atoms with E-state index in [0.717, 1.165) is 29.7 Å². The molecule has 1 aliphatic heterocycles. The van der Waals surface area contributed by atoms with Crippen molar-refractivity contribution < 1.29 is 33.3 Å². The smallest absolute Gasteiger partial charge is 0.338 e. The molecule has 0 aliphatic carbocycles. The van der Waals surface area contributed by atoms with Crippen molar-refractivity contribution in [1.29, 1.82) is 0 Å². The van der Waals surface area contributed by atoms with Crippen molar-refractivity contribution in [2.75, 3.05) is 32.9 Å². The van der Waals surface area contributed by atoms with Gasteiger partial charge in [0.25, 0.3) is 5.91 Å². The summed E-state index contributed by atoms with van der Waals surface area (Å²) < 4.78 is 22.4. The van der Waals surface area contributed by atoms with Gasteiger partial charge in [0, 0.05) is 13.1 Å². The highest BCUT2D eigenvalue weighted by Gasteiger charge is 2.30. The standard InChI is InChI=1S/C40H43NO7/c1-3-45-39(43)33-22-24-41(25-23-33)38(42)36-27-34(40(44)46-4-2)18-21-37(36)47-26-8-9-29-14-19-35(20-15-29)48-28-30-12-16-32(17-13-30)31-10-6-5-7-11-31/h5-7,10-21,27,33H,3-4,8-9,22-26,28H2,1-2H3. The van der Waals surface area contributed by atoms with E-state index in [9.17, 15) is 14.4 Å². The van der Waals surface area contributed by atoms with Crippen molar-refractivity contribution in [3.05, 3.63) is 119 Å². The average Bonchev–Trinajstić information content (AvgIpc) is 3.13. The predicted molar refractivity (Wildman–Crippen MR) is 184 cm³/mol. The van der Waals surface area contributed by atoms with Crippen LogP contribution in [0.15, 0.2) is 97.1 Å². The number of esters is 2. The second-order valence-electron chi connectivity index (χ2n) is 11.7. The molecule has 0 bridgehead atoms. The van der Waals surface area contributed by atoms with Gasteiger partial charge in [0.2, 0.25) is 0 Å². The number of hydrogen-bond donors (Lipinski definition) is 0. The van der Waals surface area contributed by atoms with E-state index in [4.69, 9.17) is 18.9 Å². The van der Waals surface area contributed by atoms with Crippen LogP contribution in [-0.2, 0) is 27.3 Å². The molecule has 1 aliphatic rings. The fraction of sp³-hybridized carbons (Fsp3) is 0.325. The van der Waals surface area contributed by atoms with Crippen LogP contribution in [-0.4, -0.2) is 55.7 Å². The summed E-state index contributed by atoms with van der Waals surface area (Å²) in [6, 6.07) is 31.6. The number of ether oxygens (including phenoxy) is 4. The molecule has 250 valence electrons. The first-order chi connectivity index (χ1) is 23.4. The van der Waals surface area contributed by atoms with E-state index in [0.29, 0.717) is 62.6 Å². The molecule has 1 amide bonds. The van der Waals surface area contributed by atoms with Gasteiger partial charge in [0.15, 0.2) is 0 Å². The molecule has 0 unspecified atom stereocenters. The zero-order valence-corrected chi connectivity index (χ0v) is 27.7. The van der Waals surface area contributed by atoms with E-state index in [-0.39, 0.29) is 24.4 Å². The molecule has 4 aromatic rings. The maximum Gasteiger partial charge on any atom is 0.338 e. The van der Waals surface area contributed by atoms with Gasteiger partial charge in [-0.25, -0.2) is 4.79 Å². The summed E-state index contributed by atoms with van der Waals surface area (Å²) in [7, 11) is 0. The van der Waals surface area contributed by atoms with Gasteiger partial charge in [-0.05, 0) is 92.1 Å². The molecule has 1 heterocycles. The number of nitrogens with zero attached hydrogens (tertiary/aromatic N) is 1. The largest absolute Gasteiger partial charge is 0.493 e. The van der Waals surface area contributed by atoms with E-state index in [1.165, 1.54) is 11.1 Å². The molecule has 0 atom stereocenters. The minimum absolute atomic E-state index is 0.214. The monoisotopic (exact) mass is 649 g/mol. The van der Waals surface area contributed by atoms with Crippen LogP contribution in [0.4, 0.5) is 0 Å². The molecule has 0 N–H and O–H groups in total. The van der Waals surface area contributed by atoms with Crippen LogP contribution in [0, 0.1) is 5.92 Å². The molecule has 0 saturated carbocycles. The molecule has 1 saturated heterocycles. The first kappa shape index (κ1) is 34.2. The first-order valence-corrected chi connectivity index (χ1v) is 16.7. The SMILES string of the molecule is CCOC(=O)c1ccc(OCCCc2ccc(OCc3ccc(-c4ccccc4)cc3)cc2)c(C(=O)N2CCC(C(=O)OCC)CC2)c1. The van der Waals surface area contributed by atoms with E-state index in [1.807, 2.05) is 30.3 Å². The van der Waals surface area contributed by atoms with Gasteiger partial charge in [-0.15, -0.1) is 0 Å². The van der Waals surface area contributed by atoms with E-state index >= 15 is 0 Å². The van der Waals surface area contributed by atoms with Gasteiger partial charge in [-0.3, -0.25) is 9.59 Å². The Bertz CT molecular complexity index is 1640. The number of benzene rings is 4. The summed E-state index contributed by atoms with van der Waals surface area (Å²) in [5, 5.41) is 0. The van der Waals surface area contributed by atoms with Crippen LogP contribution in [0.25, 0.3) is 11.1 Å². The van der Waals surface area contributed by atoms with Gasteiger partial charge < -0.3 is 23.8 Å². The highest BCUT2D eigenvalue weighted by atomic mass is 16.5. The number of carbonyl (C=O) groups is 3. The quantitative estimate of drug-likeness (QED) is 0.103. The van der Waals surface area contributed by atoms with Gasteiger partial charge in [0.05, 0.1) is 36.9 Å². The summed E-state index contributed by atoms with van der Waals surface area (Å²) in [6.45, 7) is 5.82. The summed E-state index contributed by atoms with van der Waals surface area (Å²) in [6.07, 6.45) is 2.58. The lowest BCUT2D eigenvalue weighted by Gasteiger charge is -2.31. The molecule has 0 aromatic heterocycles. The Balaban J connectivity index is 1.13. The average molecular weight is 650 g/mol. The number of rotatable bonds is 14. The van der Waals surface area contributed by atoms with Crippen molar-refractivity contribution in [2.45, 2.75) is 46.1 Å². The second-order valence-corrected chi connectivity index (χ2v) is 11.7. The van der Waals surface area contributed by atoms with Gasteiger partial charge >= 0.3 is 11.9 Å². The number of hydrogen-bond acceptors (Lipinski definition) is 7. The van der Waals surface area contributed by atoms with E-state index in [2.05, 4.69) is 48.5 Å². The molecule has 0 radical (unpaired) electrons. The Labute approximate surface area is 282 Å². The Hall–Kier alpha value is -5.11. The Morgan fingerprint density at radius 1 is 0.729 bits per heavy atom. The van der Waals surface area contributed by atoms with Crippen LogP contribution in [0.5, 0.6) is 11.5 Å². The summed E-state index contributed by atoms with van der Waals surface area (Å²) in [5.74, 6) is 0.0620. The molecule has 48 heavy (non-hydrogen) atoms. The number of carbonyl (C=O) groups excluding carboxylic acids is 3. The Kier molecular flexibility index (Phi) is 12.2. The molecule has 1 fully saturated rings. The third kappa shape index (κ3) is 9.25. The fourth-order valence-corrected chi connectivity index (χ4v) is 5.71. The van der Waals surface area contributed by atoms with Crippen LogP contribution in [0.1, 0.15) is 65.0 Å². The molecule has 0 spiro atoms. The van der Waals surface area contributed by atoms with Crippen molar-refractivity contribution in [2.24, 2.45) is 5.92 Å². The number of likely N-dealkylation sites (tertiary alicyclic amines) is 1. The molecular weight excluding hydrogens is 606 g/mol. The number of amides is 1. The lowest BCUT2D eigenvalue weighted by Crippen LogP contribution is -2.40. The third-order valence-corrected chi connectivity index (χ3v) is 8.38. The zero-order chi connectivity index (χ0) is 33.7. The molecule has 5 rings (SSSR count). The Morgan fingerprint density at radius 2 is 1.40 bits per heavy atom. The van der Waals surface area contributed by atoms with Crippen LogP contribution < -0.4 is 9.47 Å². The Morgan fingerprint density at radius 3 is 2.08 bits per heavy atom. The lowest BCUT2D eigenvalue weighted by molar-refractivity contribution is -0.149. The minimum atomic E-state index is -0.493. The van der Waals surface area contributed by atoms with Crippen molar-refractivity contribution >= 4 is 17.8 Å². The number of aryl methyl sites for hydroxylation is 1. The third-order valence-electron chi connectivity index (χ3n) is 8.38. The molecular formula is C40H43NO7. The van der Waals surface area contributed by atoms with Crippen LogP contribution in [0.2, 0.25) is 0 Å². The second kappa shape index (κ2) is 17.2. The maximum absolute atomic E-state index is 13.6. The van der Waals surface area contributed by atoms with Gasteiger partial charge in [-0.2, -0.15) is 0 Å². The van der Waals surface area contributed by atoms with E-state index < -0.39 is 5.97 Å². The maximum atomic E-state index is 13.6. The van der Waals surface area contributed by atoms with Crippen LogP contribution >= 0.6 is 0 Å². The first-order valence-electron chi connectivity index (χ1n) is 16.7. The topological polar surface area (TPSA) is 91.4 Å².